The summed E-state index contributed by atoms with van der Waals surface area (Å²) in [6.07, 6.45) is 1.00. The molecule has 1 aromatic heterocycles. The minimum absolute atomic E-state index is 0.0754. The third-order valence-corrected chi connectivity index (χ3v) is 7.94. The van der Waals surface area contributed by atoms with Crippen LogP contribution in [0.5, 0.6) is 0 Å². The van der Waals surface area contributed by atoms with E-state index in [0.29, 0.717) is 24.2 Å². The highest BCUT2D eigenvalue weighted by Gasteiger charge is 2.21. The Morgan fingerprint density at radius 3 is 2.14 bits per heavy atom. The number of fused-ring (bicyclic) bond motifs is 1. The van der Waals surface area contributed by atoms with Gasteiger partial charge in [0.2, 0.25) is 0 Å². The summed E-state index contributed by atoms with van der Waals surface area (Å²) < 4.78 is 7.94. The van der Waals surface area contributed by atoms with Gasteiger partial charge in [0.15, 0.2) is 0 Å². The summed E-state index contributed by atoms with van der Waals surface area (Å²) in [6, 6.07) is 30.2. The lowest BCUT2D eigenvalue weighted by molar-refractivity contribution is 0.00703. The van der Waals surface area contributed by atoms with Crippen LogP contribution in [-0.4, -0.2) is 22.0 Å². The molecule has 220 valence electrons. The summed E-state index contributed by atoms with van der Waals surface area (Å²) in [6.45, 7) is 13.2. The van der Waals surface area contributed by atoms with Gasteiger partial charge in [-0.15, -0.1) is 0 Å². The summed E-state index contributed by atoms with van der Waals surface area (Å²) in [5.41, 5.74) is 9.43. The molecular weight excluding hydrogens is 532 g/mol. The maximum atomic E-state index is 13.0. The Hall–Kier alpha value is -4.64. The van der Waals surface area contributed by atoms with E-state index in [4.69, 9.17) is 4.74 Å². The lowest BCUT2D eigenvalue weighted by Crippen LogP contribution is -2.24. The highest BCUT2D eigenvalue weighted by molar-refractivity contribution is 5.99. The second kappa shape index (κ2) is 12.3. The van der Waals surface area contributed by atoms with Crippen molar-refractivity contribution in [2.75, 3.05) is 0 Å². The van der Waals surface area contributed by atoms with E-state index in [1.807, 2.05) is 63.2 Å². The van der Waals surface area contributed by atoms with Crippen molar-refractivity contribution in [1.82, 2.24) is 9.88 Å². The van der Waals surface area contributed by atoms with E-state index in [0.717, 1.165) is 39.6 Å². The molecule has 5 heteroatoms. The SMILES string of the molecule is CCc1ccc(CNC(=O)c2ccc3c(c2)c(C)c(C)n3Cc2ccc(-c3ccccc3C(=O)OC(C)(C)C)cc2)cc1. The first-order valence-electron chi connectivity index (χ1n) is 14.9. The lowest BCUT2D eigenvalue weighted by Gasteiger charge is -2.20. The molecule has 1 N–H and O–H groups in total. The fourth-order valence-corrected chi connectivity index (χ4v) is 5.39. The largest absolute Gasteiger partial charge is 0.456 e. The van der Waals surface area contributed by atoms with Gasteiger partial charge in [-0.1, -0.05) is 73.7 Å². The molecule has 1 heterocycles. The van der Waals surface area contributed by atoms with Crippen molar-refractivity contribution in [2.24, 2.45) is 0 Å². The number of carbonyl (C=O) groups excluding carboxylic acids is 2. The minimum Gasteiger partial charge on any atom is -0.456 e. The Balaban J connectivity index is 1.34. The van der Waals surface area contributed by atoms with Crippen LogP contribution in [0.1, 0.15) is 76.4 Å². The van der Waals surface area contributed by atoms with Gasteiger partial charge in [-0.3, -0.25) is 4.79 Å². The van der Waals surface area contributed by atoms with E-state index in [2.05, 4.69) is 79.2 Å². The third kappa shape index (κ3) is 6.72. The minimum atomic E-state index is -0.560. The van der Waals surface area contributed by atoms with Crippen LogP contribution in [0, 0.1) is 13.8 Å². The fourth-order valence-electron chi connectivity index (χ4n) is 5.39. The number of ether oxygens (including phenoxy) is 1. The van der Waals surface area contributed by atoms with Crippen molar-refractivity contribution in [3.63, 3.8) is 0 Å². The van der Waals surface area contributed by atoms with Crippen molar-refractivity contribution in [1.29, 1.82) is 0 Å². The zero-order valence-electron chi connectivity index (χ0n) is 26.0. The summed E-state index contributed by atoms with van der Waals surface area (Å²) >= 11 is 0. The van der Waals surface area contributed by atoms with Crippen LogP contribution in [-0.2, 0) is 24.2 Å². The Morgan fingerprint density at radius 2 is 1.47 bits per heavy atom. The normalized spacial score (nSPS) is 11.5. The van der Waals surface area contributed by atoms with Gasteiger partial charge in [-0.2, -0.15) is 0 Å². The molecule has 0 atom stereocenters. The van der Waals surface area contributed by atoms with E-state index in [1.54, 1.807) is 0 Å². The van der Waals surface area contributed by atoms with Crippen LogP contribution in [0.4, 0.5) is 0 Å². The maximum absolute atomic E-state index is 13.0. The summed E-state index contributed by atoms with van der Waals surface area (Å²) in [7, 11) is 0. The van der Waals surface area contributed by atoms with Crippen LogP contribution in [0.3, 0.4) is 0 Å². The van der Waals surface area contributed by atoms with Crippen LogP contribution in [0.25, 0.3) is 22.0 Å². The summed E-state index contributed by atoms with van der Waals surface area (Å²) in [5, 5.41) is 4.15. The molecule has 4 aromatic carbocycles. The van der Waals surface area contributed by atoms with Crippen molar-refractivity contribution < 1.29 is 14.3 Å². The maximum Gasteiger partial charge on any atom is 0.339 e. The van der Waals surface area contributed by atoms with Crippen LogP contribution in [0.2, 0.25) is 0 Å². The predicted molar refractivity (Wildman–Crippen MR) is 175 cm³/mol. The molecule has 0 saturated carbocycles. The lowest BCUT2D eigenvalue weighted by atomic mass is 9.98. The average molecular weight is 573 g/mol. The van der Waals surface area contributed by atoms with Gasteiger partial charge in [0.25, 0.3) is 5.91 Å². The number of nitrogens with zero attached hydrogens (tertiary/aromatic N) is 1. The molecule has 0 spiro atoms. The Bertz CT molecular complexity index is 1770. The van der Waals surface area contributed by atoms with Gasteiger partial charge in [-0.05, 0) is 98.7 Å². The molecule has 0 aliphatic carbocycles. The number of amides is 1. The quantitative estimate of drug-likeness (QED) is 0.190. The number of aromatic nitrogens is 1. The average Bonchev–Trinajstić information content (AvgIpc) is 3.23. The summed E-state index contributed by atoms with van der Waals surface area (Å²) in [5.74, 6) is -0.399. The van der Waals surface area contributed by atoms with Crippen molar-refractivity contribution in [2.45, 2.75) is 66.7 Å². The number of benzene rings is 4. The Labute approximate surface area is 254 Å². The van der Waals surface area contributed by atoms with Crippen LogP contribution in [0.15, 0.2) is 91.0 Å². The van der Waals surface area contributed by atoms with Gasteiger partial charge < -0.3 is 14.6 Å². The van der Waals surface area contributed by atoms with E-state index >= 15 is 0 Å². The van der Waals surface area contributed by atoms with Gasteiger partial charge in [0.05, 0.1) is 5.56 Å². The second-order valence-corrected chi connectivity index (χ2v) is 12.1. The van der Waals surface area contributed by atoms with Gasteiger partial charge in [0.1, 0.15) is 5.60 Å². The number of hydrogen-bond acceptors (Lipinski definition) is 3. The highest BCUT2D eigenvalue weighted by Crippen LogP contribution is 2.29. The van der Waals surface area contributed by atoms with Gasteiger partial charge in [0, 0.05) is 35.2 Å². The molecule has 0 radical (unpaired) electrons. The highest BCUT2D eigenvalue weighted by atomic mass is 16.6. The van der Waals surface area contributed by atoms with Crippen LogP contribution >= 0.6 is 0 Å². The zero-order chi connectivity index (χ0) is 30.7. The van der Waals surface area contributed by atoms with E-state index in [1.165, 1.54) is 16.8 Å². The molecule has 5 rings (SSSR count). The number of hydrogen-bond donors (Lipinski definition) is 1. The first kappa shape index (κ1) is 29.8. The van der Waals surface area contributed by atoms with Crippen molar-refractivity contribution in [3.05, 3.63) is 130 Å². The molecule has 0 aliphatic heterocycles. The Kier molecular flexibility index (Phi) is 8.54. The molecule has 0 fully saturated rings. The summed E-state index contributed by atoms with van der Waals surface area (Å²) in [4.78, 5) is 25.9. The standard InChI is InChI=1S/C38H40N2O3/c1-7-27-12-14-28(15-13-27)23-39-36(41)31-20-21-35-34(22-31)25(2)26(3)40(35)24-29-16-18-30(19-17-29)32-10-8-9-11-33(32)37(42)43-38(4,5)6/h8-22H,7,23-24H2,1-6H3,(H,39,41). The number of esters is 1. The van der Waals surface area contributed by atoms with E-state index < -0.39 is 5.60 Å². The van der Waals surface area contributed by atoms with Crippen LogP contribution < -0.4 is 5.32 Å². The second-order valence-electron chi connectivity index (χ2n) is 12.1. The van der Waals surface area contributed by atoms with Gasteiger partial charge >= 0.3 is 5.97 Å². The molecule has 0 bridgehead atoms. The first-order valence-corrected chi connectivity index (χ1v) is 14.9. The zero-order valence-corrected chi connectivity index (χ0v) is 26.0. The van der Waals surface area contributed by atoms with Gasteiger partial charge in [-0.25, -0.2) is 4.79 Å². The molecule has 0 unspecified atom stereocenters. The number of rotatable bonds is 8. The molecule has 1 amide bonds. The van der Waals surface area contributed by atoms with E-state index in [-0.39, 0.29) is 11.9 Å². The topological polar surface area (TPSA) is 60.3 Å². The molecular formula is C38H40N2O3. The molecule has 5 aromatic rings. The van der Waals surface area contributed by atoms with Crippen molar-refractivity contribution in [3.8, 4) is 11.1 Å². The predicted octanol–water partition coefficient (Wildman–Crippen LogP) is 8.42. The third-order valence-electron chi connectivity index (χ3n) is 7.94. The molecule has 5 nitrogen and oxygen atoms in total. The smallest absolute Gasteiger partial charge is 0.339 e. The van der Waals surface area contributed by atoms with Crippen molar-refractivity contribution >= 4 is 22.8 Å². The fraction of sp³-hybridized carbons (Fsp3) is 0.263. The monoisotopic (exact) mass is 572 g/mol. The Morgan fingerprint density at radius 1 is 0.814 bits per heavy atom. The first-order chi connectivity index (χ1) is 20.5. The molecule has 0 saturated heterocycles. The number of nitrogens with one attached hydrogen (secondary N) is 1. The number of carbonyl (C=O) groups is 2. The molecule has 0 aliphatic rings. The van der Waals surface area contributed by atoms with E-state index in [9.17, 15) is 9.59 Å². The number of aryl methyl sites for hydroxylation is 2. The molecule has 43 heavy (non-hydrogen) atoms.